The Kier molecular flexibility index (Phi) is 6.49. The van der Waals surface area contributed by atoms with Gasteiger partial charge in [-0.15, -0.1) is 0 Å². The van der Waals surface area contributed by atoms with Crippen LogP contribution in [-0.2, 0) is 16.1 Å². The number of hydrogen-bond acceptors (Lipinski definition) is 5. The molecule has 1 amide bonds. The highest BCUT2D eigenvalue weighted by molar-refractivity contribution is 6.31. The van der Waals surface area contributed by atoms with Gasteiger partial charge in [0.1, 0.15) is 5.69 Å². The number of nitrogens with zero attached hydrogens (tertiary/aromatic N) is 2. The van der Waals surface area contributed by atoms with Gasteiger partial charge in [0, 0.05) is 17.0 Å². The Morgan fingerprint density at radius 2 is 1.97 bits per heavy atom. The molecular formula is C21H21ClN2O5. The molecule has 0 aromatic heterocycles. The first kappa shape index (κ1) is 20.8. The minimum Gasteiger partial charge on any atom is -0.462 e. The average Bonchev–Trinajstić information content (AvgIpc) is 2.65. The quantitative estimate of drug-likeness (QED) is 0.369. The molecule has 1 saturated carbocycles. The molecule has 0 saturated heterocycles. The second kappa shape index (κ2) is 9.05. The molecule has 0 spiro atoms. The molecule has 1 aliphatic rings. The number of halogens is 1. The third-order valence-electron chi connectivity index (χ3n) is 4.98. The van der Waals surface area contributed by atoms with Gasteiger partial charge in [-0.25, -0.2) is 4.79 Å². The van der Waals surface area contributed by atoms with Crippen LogP contribution in [0.5, 0.6) is 0 Å². The molecule has 8 heteroatoms. The van der Waals surface area contributed by atoms with E-state index in [0.29, 0.717) is 10.6 Å². The minimum absolute atomic E-state index is 0.0670. The van der Waals surface area contributed by atoms with Crippen LogP contribution >= 0.6 is 11.6 Å². The number of anilines is 1. The van der Waals surface area contributed by atoms with Crippen LogP contribution < -0.4 is 4.90 Å². The number of nitro benzene ring substituents is 1. The number of benzene rings is 2. The first-order valence-corrected chi connectivity index (χ1v) is 9.80. The van der Waals surface area contributed by atoms with E-state index >= 15 is 0 Å². The Morgan fingerprint density at radius 3 is 2.55 bits per heavy atom. The van der Waals surface area contributed by atoms with E-state index < -0.39 is 10.9 Å². The lowest BCUT2D eigenvalue weighted by Crippen LogP contribution is -2.39. The van der Waals surface area contributed by atoms with Crippen LogP contribution in [0.1, 0.15) is 42.1 Å². The fourth-order valence-corrected chi connectivity index (χ4v) is 3.39. The Balaban J connectivity index is 2.08. The zero-order valence-electron chi connectivity index (χ0n) is 16.0. The van der Waals surface area contributed by atoms with Crippen LogP contribution in [-0.4, -0.2) is 23.4 Å². The molecule has 1 aliphatic carbocycles. The lowest BCUT2D eigenvalue weighted by Gasteiger charge is -2.32. The number of hydrogen-bond donors (Lipinski definition) is 0. The molecule has 0 N–H and O–H groups in total. The van der Waals surface area contributed by atoms with Crippen molar-refractivity contribution >= 4 is 34.9 Å². The molecule has 0 bridgehead atoms. The Labute approximate surface area is 173 Å². The van der Waals surface area contributed by atoms with E-state index in [1.165, 1.54) is 23.1 Å². The van der Waals surface area contributed by atoms with Crippen molar-refractivity contribution in [3.8, 4) is 0 Å². The molecule has 2 aromatic rings. The summed E-state index contributed by atoms with van der Waals surface area (Å²) in [6.45, 7) is 1.92. The van der Waals surface area contributed by atoms with Crippen molar-refractivity contribution in [2.45, 2.75) is 32.7 Å². The molecule has 3 rings (SSSR count). The van der Waals surface area contributed by atoms with Crippen LogP contribution in [0.2, 0.25) is 5.02 Å². The summed E-state index contributed by atoms with van der Waals surface area (Å²) in [6, 6.07) is 10.9. The average molecular weight is 417 g/mol. The molecule has 152 valence electrons. The minimum atomic E-state index is -0.600. The summed E-state index contributed by atoms with van der Waals surface area (Å²) in [5.41, 5.74) is 0.630. The zero-order chi connectivity index (χ0) is 21.0. The number of nitro groups is 1. The molecule has 0 atom stereocenters. The molecule has 0 heterocycles. The number of amides is 1. The van der Waals surface area contributed by atoms with E-state index in [2.05, 4.69) is 0 Å². The summed E-state index contributed by atoms with van der Waals surface area (Å²) in [4.78, 5) is 37.8. The van der Waals surface area contributed by atoms with Crippen molar-refractivity contribution in [3.63, 3.8) is 0 Å². The molecule has 0 aliphatic heterocycles. The third kappa shape index (κ3) is 4.56. The molecular weight excluding hydrogens is 396 g/mol. The van der Waals surface area contributed by atoms with Crippen molar-refractivity contribution in [1.29, 1.82) is 0 Å². The maximum atomic E-state index is 13.2. The van der Waals surface area contributed by atoms with E-state index in [0.717, 1.165) is 19.3 Å². The number of esters is 1. The van der Waals surface area contributed by atoms with Gasteiger partial charge in [-0.1, -0.05) is 36.2 Å². The second-order valence-electron chi connectivity index (χ2n) is 6.82. The van der Waals surface area contributed by atoms with Gasteiger partial charge >= 0.3 is 5.97 Å². The van der Waals surface area contributed by atoms with Crippen molar-refractivity contribution in [2.75, 3.05) is 11.5 Å². The normalized spacial score (nSPS) is 13.4. The highest BCUT2D eigenvalue weighted by atomic mass is 35.5. The fourth-order valence-electron chi connectivity index (χ4n) is 3.19. The van der Waals surface area contributed by atoms with Crippen LogP contribution in [0.25, 0.3) is 0 Å². The van der Waals surface area contributed by atoms with Gasteiger partial charge in [-0.2, -0.15) is 0 Å². The molecule has 29 heavy (non-hydrogen) atoms. The second-order valence-corrected chi connectivity index (χ2v) is 7.23. The number of ether oxygens (including phenoxy) is 1. The molecule has 1 fully saturated rings. The third-order valence-corrected chi connectivity index (χ3v) is 5.35. The summed E-state index contributed by atoms with van der Waals surface area (Å²) >= 11 is 6.27. The van der Waals surface area contributed by atoms with Crippen LogP contribution in [0, 0.1) is 16.0 Å². The van der Waals surface area contributed by atoms with Gasteiger partial charge in [-0.05, 0) is 43.5 Å². The molecule has 0 radical (unpaired) electrons. The van der Waals surface area contributed by atoms with Gasteiger partial charge in [-0.3, -0.25) is 14.9 Å². The number of carbonyl (C=O) groups excluding carboxylic acids is 2. The largest absolute Gasteiger partial charge is 0.462 e. The van der Waals surface area contributed by atoms with Gasteiger partial charge < -0.3 is 9.64 Å². The van der Waals surface area contributed by atoms with Gasteiger partial charge in [0.05, 0.1) is 23.6 Å². The van der Waals surface area contributed by atoms with Gasteiger partial charge in [0.2, 0.25) is 5.91 Å². The van der Waals surface area contributed by atoms with E-state index in [1.54, 1.807) is 31.2 Å². The Morgan fingerprint density at radius 1 is 1.24 bits per heavy atom. The zero-order valence-corrected chi connectivity index (χ0v) is 16.7. The van der Waals surface area contributed by atoms with E-state index in [4.69, 9.17) is 16.3 Å². The topological polar surface area (TPSA) is 89.8 Å². The van der Waals surface area contributed by atoms with Crippen molar-refractivity contribution in [3.05, 3.63) is 68.7 Å². The molecule has 0 unspecified atom stereocenters. The maximum absolute atomic E-state index is 13.2. The predicted molar refractivity (Wildman–Crippen MR) is 109 cm³/mol. The SMILES string of the molecule is CCOC(=O)c1ccc([N+](=O)[O-])c(N(Cc2ccccc2Cl)C(=O)C2CCC2)c1. The fraction of sp³-hybridized carbons (Fsp3) is 0.333. The maximum Gasteiger partial charge on any atom is 0.338 e. The summed E-state index contributed by atoms with van der Waals surface area (Å²) in [5, 5.41) is 12.1. The summed E-state index contributed by atoms with van der Waals surface area (Å²) < 4.78 is 5.01. The number of rotatable bonds is 7. The predicted octanol–water partition coefficient (Wildman–Crippen LogP) is 4.76. The van der Waals surface area contributed by atoms with Crippen LogP contribution in [0.15, 0.2) is 42.5 Å². The lowest BCUT2D eigenvalue weighted by molar-refractivity contribution is -0.384. The van der Waals surface area contributed by atoms with Crippen LogP contribution in [0.3, 0.4) is 0 Å². The van der Waals surface area contributed by atoms with Crippen molar-refractivity contribution in [2.24, 2.45) is 5.92 Å². The van der Waals surface area contributed by atoms with Gasteiger partial charge in [0.15, 0.2) is 0 Å². The summed E-state index contributed by atoms with van der Waals surface area (Å²) in [6.07, 6.45) is 2.42. The van der Waals surface area contributed by atoms with Gasteiger partial charge in [0.25, 0.3) is 5.69 Å². The first-order valence-electron chi connectivity index (χ1n) is 9.42. The molecule has 2 aromatic carbocycles. The first-order chi connectivity index (χ1) is 13.9. The monoisotopic (exact) mass is 416 g/mol. The van der Waals surface area contributed by atoms with E-state index in [9.17, 15) is 19.7 Å². The smallest absolute Gasteiger partial charge is 0.338 e. The Hall–Kier alpha value is -2.93. The molecule has 7 nitrogen and oxygen atoms in total. The van der Waals surface area contributed by atoms with E-state index in [1.807, 2.05) is 0 Å². The van der Waals surface area contributed by atoms with Crippen molar-refractivity contribution in [1.82, 2.24) is 0 Å². The highest BCUT2D eigenvalue weighted by Gasteiger charge is 2.34. The summed E-state index contributed by atoms with van der Waals surface area (Å²) in [7, 11) is 0. The number of carbonyl (C=O) groups is 2. The Bertz CT molecular complexity index is 942. The van der Waals surface area contributed by atoms with Crippen molar-refractivity contribution < 1.29 is 19.2 Å². The standard InChI is InChI=1S/C21H21ClN2O5/c1-2-29-21(26)15-10-11-18(24(27)28)19(12-15)23(20(25)14-7-5-8-14)13-16-6-3-4-9-17(16)22/h3-4,6,9-12,14H,2,5,7-8,13H2,1H3. The summed E-state index contributed by atoms with van der Waals surface area (Å²) in [5.74, 6) is -0.999. The highest BCUT2D eigenvalue weighted by Crippen LogP contribution is 2.36. The van der Waals surface area contributed by atoms with Crippen LogP contribution in [0.4, 0.5) is 11.4 Å². The lowest BCUT2D eigenvalue weighted by atomic mass is 9.84. The van der Waals surface area contributed by atoms with E-state index in [-0.39, 0.29) is 41.9 Å².